The molecule has 1 saturated heterocycles. The molecule has 34 heavy (non-hydrogen) atoms. The summed E-state index contributed by atoms with van der Waals surface area (Å²) in [7, 11) is -3.53. The van der Waals surface area contributed by atoms with Crippen molar-refractivity contribution in [2.24, 2.45) is 11.0 Å². The van der Waals surface area contributed by atoms with Crippen LogP contribution in [-0.2, 0) is 21.4 Å². The number of ether oxygens (including phenoxy) is 1. The Balaban J connectivity index is 1.26. The quantitative estimate of drug-likeness (QED) is 0.395. The summed E-state index contributed by atoms with van der Waals surface area (Å²) in [5.74, 6) is 0.232. The van der Waals surface area contributed by atoms with Gasteiger partial charge in [-0.15, -0.1) is 0 Å². The fourth-order valence-corrected chi connectivity index (χ4v) is 5.28. The largest absolute Gasteiger partial charge is 0.489 e. The molecular weight excluding hydrogens is 450 g/mol. The lowest BCUT2D eigenvalue weighted by Crippen LogP contribution is -2.42. The molecule has 0 unspecified atom stereocenters. The van der Waals surface area contributed by atoms with Crippen molar-refractivity contribution in [1.29, 1.82) is 0 Å². The Bertz CT molecular complexity index is 1220. The van der Waals surface area contributed by atoms with Crippen LogP contribution in [0.25, 0.3) is 0 Å². The number of piperidine rings is 1. The summed E-state index contributed by atoms with van der Waals surface area (Å²) in [5, 5.41) is 4.08. The summed E-state index contributed by atoms with van der Waals surface area (Å²) >= 11 is 0. The first-order chi connectivity index (χ1) is 16.5. The molecule has 3 aromatic rings. The van der Waals surface area contributed by atoms with Crippen molar-refractivity contribution in [1.82, 2.24) is 9.73 Å². The van der Waals surface area contributed by atoms with Gasteiger partial charge in [0.2, 0.25) is 15.9 Å². The van der Waals surface area contributed by atoms with Gasteiger partial charge < -0.3 is 4.74 Å². The van der Waals surface area contributed by atoms with Crippen LogP contribution in [0.3, 0.4) is 0 Å². The zero-order valence-corrected chi connectivity index (χ0v) is 19.5. The minimum atomic E-state index is -3.53. The van der Waals surface area contributed by atoms with Crippen LogP contribution in [0.15, 0.2) is 94.9 Å². The van der Waals surface area contributed by atoms with E-state index in [0.717, 1.165) is 11.1 Å². The Morgan fingerprint density at radius 1 is 0.971 bits per heavy atom. The highest BCUT2D eigenvalue weighted by molar-refractivity contribution is 7.89. The molecule has 0 spiro atoms. The van der Waals surface area contributed by atoms with Crippen LogP contribution < -0.4 is 10.2 Å². The molecule has 3 aromatic carbocycles. The summed E-state index contributed by atoms with van der Waals surface area (Å²) in [6.07, 6.45) is 2.48. The third-order valence-corrected chi connectivity index (χ3v) is 7.61. The highest BCUT2D eigenvalue weighted by Crippen LogP contribution is 2.24. The van der Waals surface area contributed by atoms with Gasteiger partial charge >= 0.3 is 0 Å². The van der Waals surface area contributed by atoms with Crippen LogP contribution in [0.5, 0.6) is 5.75 Å². The fraction of sp³-hybridized carbons (Fsp3) is 0.231. The maximum absolute atomic E-state index is 12.7. The number of carbonyl (C=O) groups is 1. The number of rotatable bonds is 8. The van der Waals surface area contributed by atoms with Crippen LogP contribution in [0.2, 0.25) is 0 Å². The van der Waals surface area contributed by atoms with Crippen molar-refractivity contribution in [2.75, 3.05) is 13.1 Å². The molecule has 1 fully saturated rings. The number of nitrogens with one attached hydrogen (secondary N) is 1. The molecule has 7 nitrogen and oxygen atoms in total. The smallest absolute Gasteiger partial charge is 0.243 e. The molecule has 0 aromatic heterocycles. The number of sulfonamides is 1. The van der Waals surface area contributed by atoms with Crippen LogP contribution in [-0.4, -0.2) is 37.9 Å². The van der Waals surface area contributed by atoms with E-state index >= 15 is 0 Å². The van der Waals surface area contributed by atoms with Crippen molar-refractivity contribution in [3.63, 3.8) is 0 Å². The third-order valence-electron chi connectivity index (χ3n) is 5.70. The zero-order chi connectivity index (χ0) is 23.8. The Morgan fingerprint density at radius 2 is 1.65 bits per heavy atom. The lowest BCUT2D eigenvalue weighted by Gasteiger charge is -2.30. The molecule has 0 atom stereocenters. The van der Waals surface area contributed by atoms with Crippen molar-refractivity contribution in [3.05, 3.63) is 96.1 Å². The van der Waals surface area contributed by atoms with Gasteiger partial charge in [-0.25, -0.2) is 13.8 Å². The molecule has 1 amide bonds. The number of nitrogens with zero attached hydrogens (tertiary/aromatic N) is 2. The number of hydrogen-bond acceptors (Lipinski definition) is 5. The van der Waals surface area contributed by atoms with E-state index < -0.39 is 10.0 Å². The predicted molar refractivity (Wildman–Crippen MR) is 131 cm³/mol. The molecule has 176 valence electrons. The van der Waals surface area contributed by atoms with E-state index in [4.69, 9.17) is 4.74 Å². The predicted octanol–water partition coefficient (Wildman–Crippen LogP) is 3.82. The zero-order valence-electron chi connectivity index (χ0n) is 18.7. The third kappa shape index (κ3) is 6.09. The number of carbonyl (C=O) groups excluding carboxylic acids is 1. The number of hydrogen-bond donors (Lipinski definition) is 1. The molecule has 1 aliphatic rings. The summed E-state index contributed by atoms with van der Waals surface area (Å²) in [6, 6.07) is 25.7. The molecule has 0 saturated carbocycles. The van der Waals surface area contributed by atoms with Crippen LogP contribution in [0, 0.1) is 5.92 Å². The van der Waals surface area contributed by atoms with E-state index in [1.807, 2.05) is 54.6 Å². The molecule has 0 radical (unpaired) electrons. The van der Waals surface area contributed by atoms with Crippen molar-refractivity contribution in [3.8, 4) is 5.75 Å². The van der Waals surface area contributed by atoms with E-state index in [1.54, 1.807) is 36.5 Å². The molecule has 0 bridgehead atoms. The Kier molecular flexibility index (Phi) is 7.72. The molecule has 1 aliphatic heterocycles. The van der Waals surface area contributed by atoms with E-state index in [9.17, 15) is 13.2 Å². The van der Waals surface area contributed by atoms with Gasteiger partial charge in [0.05, 0.1) is 11.1 Å². The molecule has 0 aliphatic carbocycles. The first-order valence-corrected chi connectivity index (χ1v) is 12.6. The average molecular weight is 478 g/mol. The second-order valence-corrected chi connectivity index (χ2v) is 10.0. The van der Waals surface area contributed by atoms with Gasteiger partial charge in [-0.3, -0.25) is 4.79 Å². The summed E-state index contributed by atoms with van der Waals surface area (Å²) in [4.78, 5) is 12.8. The van der Waals surface area contributed by atoms with Crippen molar-refractivity contribution >= 4 is 22.1 Å². The highest BCUT2D eigenvalue weighted by Gasteiger charge is 2.31. The van der Waals surface area contributed by atoms with Crippen molar-refractivity contribution < 1.29 is 17.9 Å². The van der Waals surface area contributed by atoms with Crippen LogP contribution in [0.1, 0.15) is 24.0 Å². The second kappa shape index (κ2) is 11.1. The van der Waals surface area contributed by atoms with Crippen LogP contribution >= 0.6 is 0 Å². The fourth-order valence-electron chi connectivity index (χ4n) is 3.79. The lowest BCUT2D eigenvalue weighted by molar-refractivity contribution is -0.126. The molecular formula is C26H27N3O4S. The second-order valence-electron chi connectivity index (χ2n) is 8.07. The number of benzene rings is 3. The molecule has 4 rings (SSSR count). The number of hydrazone groups is 1. The minimum absolute atomic E-state index is 0.204. The van der Waals surface area contributed by atoms with Crippen molar-refractivity contribution in [2.45, 2.75) is 24.3 Å². The molecule has 8 heteroatoms. The Hall–Kier alpha value is -3.49. The highest BCUT2D eigenvalue weighted by atomic mass is 32.2. The SMILES string of the molecule is O=C(N/N=C\c1cccc(OCc2ccccc2)c1)C1CCN(S(=O)(=O)c2ccccc2)CC1. The molecule has 1 heterocycles. The number of amides is 1. The summed E-state index contributed by atoms with van der Waals surface area (Å²) < 4.78 is 32.7. The van der Waals surface area contributed by atoms with Gasteiger partial charge in [-0.2, -0.15) is 9.41 Å². The van der Waals surface area contributed by atoms with Gasteiger partial charge in [0.15, 0.2) is 0 Å². The summed E-state index contributed by atoms with van der Waals surface area (Å²) in [6.45, 7) is 1.08. The topological polar surface area (TPSA) is 88.1 Å². The van der Waals surface area contributed by atoms with Gasteiger partial charge in [-0.1, -0.05) is 60.7 Å². The van der Waals surface area contributed by atoms with Gasteiger partial charge in [0, 0.05) is 19.0 Å². The monoisotopic (exact) mass is 477 g/mol. The van der Waals surface area contributed by atoms with Crippen LogP contribution in [0.4, 0.5) is 0 Å². The minimum Gasteiger partial charge on any atom is -0.489 e. The Morgan fingerprint density at radius 3 is 2.35 bits per heavy atom. The molecule has 1 N–H and O–H groups in total. The standard InChI is InChI=1S/C26H27N3O4S/c30-26(23-14-16-29(17-15-23)34(31,32)25-12-5-2-6-13-25)28-27-19-22-10-7-11-24(18-22)33-20-21-8-3-1-4-9-21/h1-13,18-19,23H,14-17,20H2,(H,28,30)/b27-19-. The first kappa shape index (κ1) is 23.7. The van der Waals surface area contributed by atoms with E-state index in [0.29, 0.717) is 38.3 Å². The Labute approximate surface area is 200 Å². The first-order valence-electron chi connectivity index (χ1n) is 11.2. The van der Waals surface area contributed by atoms with E-state index in [2.05, 4.69) is 10.5 Å². The van der Waals surface area contributed by atoms with E-state index in [1.165, 1.54) is 4.31 Å². The van der Waals surface area contributed by atoms with E-state index in [-0.39, 0.29) is 16.7 Å². The maximum atomic E-state index is 12.7. The normalized spacial score (nSPS) is 15.3. The maximum Gasteiger partial charge on any atom is 0.243 e. The lowest BCUT2D eigenvalue weighted by atomic mass is 9.98. The average Bonchev–Trinajstić information content (AvgIpc) is 2.89. The van der Waals surface area contributed by atoms with Gasteiger partial charge in [-0.05, 0) is 48.2 Å². The summed E-state index contributed by atoms with van der Waals surface area (Å²) in [5.41, 5.74) is 4.47. The van der Waals surface area contributed by atoms with Gasteiger partial charge in [0.25, 0.3) is 0 Å². The van der Waals surface area contributed by atoms with Gasteiger partial charge in [0.1, 0.15) is 12.4 Å².